The second-order valence-electron chi connectivity index (χ2n) is 6.33. The average Bonchev–Trinajstić information content (AvgIpc) is 2.99. The van der Waals surface area contributed by atoms with E-state index in [4.69, 9.17) is 0 Å². The molecule has 6 heteroatoms. The number of amides is 2. The van der Waals surface area contributed by atoms with E-state index in [1.165, 1.54) is 4.90 Å². The Bertz CT molecular complexity index is 638. The third kappa shape index (κ3) is 4.38. The van der Waals surface area contributed by atoms with Crippen LogP contribution in [0.3, 0.4) is 0 Å². The molecule has 0 radical (unpaired) electrons. The topological polar surface area (TPSA) is 77.9 Å². The van der Waals surface area contributed by atoms with Crippen molar-refractivity contribution in [1.29, 1.82) is 0 Å². The highest BCUT2D eigenvalue weighted by atomic mass is 16.4. The molecule has 0 saturated carbocycles. The zero-order valence-corrected chi connectivity index (χ0v) is 14.9. The van der Waals surface area contributed by atoms with Gasteiger partial charge in [0, 0.05) is 38.2 Å². The van der Waals surface area contributed by atoms with E-state index in [1.807, 2.05) is 13.8 Å². The molecule has 1 aliphatic heterocycles. The number of hydrogen-bond acceptors (Lipinski definition) is 3. The van der Waals surface area contributed by atoms with Crippen molar-refractivity contribution < 1.29 is 19.5 Å². The minimum Gasteiger partial charge on any atom is -0.481 e. The highest BCUT2D eigenvalue weighted by Gasteiger charge is 2.36. The van der Waals surface area contributed by atoms with Gasteiger partial charge in [0.1, 0.15) is 5.92 Å². The fraction of sp³-hybridized carbons (Fsp3) is 0.526. The molecule has 25 heavy (non-hydrogen) atoms. The number of carbonyl (C=O) groups is 3. The predicted molar refractivity (Wildman–Crippen MR) is 95.6 cm³/mol. The number of fused-ring (bicyclic) bond motifs is 1. The van der Waals surface area contributed by atoms with Crippen LogP contribution >= 0.6 is 0 Å². The molecule has 1 aromatic carbocycles. The Morgan fingerprint density at radius 3 is 2.36 bits per heavy atom. The van der Waals surface area contributed by atoms with Gasteiger partial charge in [0.2, 0.25) is 11.8 Å². The Labute approximate surface area is 148 Å². The van der Waals surface area contributed by atoms with Gasteiger partial charge in [-0.05, 0) is 24.5 Å². The molecule has 0 spiro atoms. The summed E-state index contributed by atoms with van der Waals surface area (Å²) in [7, 11) is 0. The SMILES string of the molecule is CCCN(CCC)C(=O)CCC(=O)N1CC(C(=O)O)c2ccccc21. The largest absolute Gasteiger partial charge is 0.481 e. The number of para-hydroxylation sites is 1. The van der Waals surface area contributed by atoms with E-state index in [0.717, 1.165) is 12.8 Å². The first-order valence-electron chi connectivity index (χ1n) is 8.89. The van der Waals surface area contributed by atoms with Crippen molar-refractivity contribution in [2.24, 2.45) is 0 Å². The van der Waals surface area contributed by atoms with Crippen molar-refractivity contribution in [3.8, 4) is 0 Å². The van der Waals surface area contributed by atoms with Crippen LogP contribution in [0.2, 0.25) is 0 Å². The monoisotopic (exact) mass is 346 g/mol. The Balaban J connectivity index is 2.02. The molecular formula is C19H26N2O4. The summed E-state index contributed by atoms with van der Waals surface area (Å²) in [5.41, 5.74) is 1.31. The molecule has 0 aliphatic carbocycles. The molecular weight excluding hydrogens is 320 g/mol. The number of nitrogens with zero attached hydrogens (tertiary/aromatic N) is 2. The van der Waals surface area contributed by atoms with Gasteiger partial charge in [0.05, 0.1) is 0 Å². The van der Waals surface area contributed by atoms with Gasteiger partial charge in [0.15, 0.2) is 0 Å². The second kappa shape index (κ2) is 8.65. The van der Waals surface area contributed by atoms with Crippen molar-refractivity contribution in [3.05, 3.63) is 29.8 Å². The lowest BCUT2D eigenvalue weighted by molar-refractivity contribution is -0.138. The quantitative estimate of drug-likeness (QED) is 0.785. The number of rotatable bonds is 8. The third-order valence-corrected chi connectivity index (χ3v) is 4.46. The van der Waals surface area contributed by atoms with E-state index in [-0.39, 0.29) is 31.2 Å². The van der Waals surface area contributed by atoms with Crippen LogP contribution in [-0.4, -0.2) is 47.4 Å². The van der Waals surface area contributed by atoms with Crippen LogP contribution < -0.4 is 4.90 Å². The van der Waals surface area contributed by atoms with E-state index in [2.05, 4.69) is 0 Å². The molecule has 1 aliphatic rings. The molecule has 1 unspecified atom stereocenters. The van der Waals surface area contributed by atoms with Crippen molar-refractivity contribution >= 4 is 23.5 Å². The molecule has 0 saturated heterocycles. The van der Waals surface area contributed by atoms with Crippen LogP contribution in [-0.2, 0) is 14.4 Å². The minimum atomic E-state index is -0.934. The predicted octanol–water partition coefficient (Wildman–Crippen LogP) is 2.63. The lowest BCUT2D eigenvalue weighted by Gasteiger charge is -2.22. The third-order valence-electron chi connectivity index (χ3n) is 4.46. The summed E-state index contributed by atoms with van der Waals surface area (Å²) in [4.78, 5) is 39.6. The number of aliphatic carboxylic acids is 1. The van der Waals surface area contributed by atoms with Gasteiger partial charge in [-0.3, -0.25) is 14.4 Å². The van der Waals surface area contributed by atoms with Crippen LogP contribution in [0.5, 0.6) is 0 Å². The molecule has 0 bridgehead atoms. The molecule has 1 aromatic rings. The maximum Gasteiger partial charge on any atom is 0.312 e. The molecule has 6 nitrogen and oxygen atoms in total. The highest BCUT2D eigenvalue weighted by Crippen LogP contribution is 2.36. The number of hydrogen-bond donors (Lipinski definition) is 1. The molecule has 2 amide bonds. The Morgan fingerprint density at radius 2 is 1.76 bits per heavy atom. The summed E-state index contributed by atoms with van der Waals surface area (Å²) in [5, 5.41) is 9.37. The fourth-order valence-electron chi connectivity index (χ4n) is 3.26. The number of carboxylic acid groups (broad SMARTS) is 1. The lowest BCUT2D eigenvalue weighted by atomic mass is 10.0. The molecule has 2 rings (SSSR count). The first-order valence-corrected chi connectivity index (χ1v) is 8.89. The Kier molecular flexibility index (Phi) is 6.56. The van der Waals surface area contributed by atoms with Crippen LogP contribution in [0.15, 0.2) is 24.3 Å². The van der Waals surface area contributed by atoms with Crippen LogP contribution in [0.25, 0.3) is 0 Å². The maximum absolute atomic E-state index is 12.6. The lowest BCUT2D eigenvalue weighted by Crippen LogP contribution is -2.35. The zero-order chi connectivity index (χ0) is 18.4. The van der Waals surface area contributed by atoms with E-state index in [1.54, 1.807) is 29.2 Å². The minimum absolute atomic E-state index is 0.0145. The molecule has 0 aromatic heterocycles. The normalized spacial score (nSPS) is 15.8. The van der Waals surface area contributed by atoms with Crippen LogP contribution in [0.4, 0.5) is 5.69 Å². The van der Waals surface area contributed by atoms with E-state index >= 15 is 0 Å². The van der Waals surface area contributed by atoms with Crippen molar-refractivity contribution in [2.75, 3.05) is 24.5 Å². The van der Waals surface area contributed by atoms with E-state index < -0.39 is 11.9 Å². The van der Waals surface area contributed by atoms with E-state index in [9.17, 15) is 19.5 Å². The smallest absolute Gasteiger partial charge is 0.312 e. The van der Waals surface area contributed by atoms with Crippen molar-refractivity contribution in [1.82, 2.24) is 4.90 Å². The Hall–Kier alpha value is -2.37. The first-order chi connectivity index (χ1) is 12.0. The molecule has 1 atom stereocenters. The van der Waals surface area contributed by atoms with E-state index in [0.29, 0.717) is 24.3 Å². The molecule has 1 heterocycles. The summed E-state index contributed by atoms with van der Waals surface area (Å²) in [5.74, 6) is -1.85. The molecule has 136 valence electrons. The van der Waals surface area contributed by atoms with Gasteiger partial charge in [-0.1, -0.05) is 32.0 Å². The summed E-state index contributed by atoms with van der Waals surface area (Å²) in [6.07, 6.45) is 2.04. The van der Waals surface area contributed by atoms with Gasteiger partial charge >= 0.3 is 5.97 Å². The number of anilines is 1. The van der Waals surface area contributed by atoms with Crippen LogP contribution in [0.1, 0.15) is 51.0 Å². The summed E-state index contributed by atoms with van der Waals surface area (Å²) in [6.45, 7) is 5.58. The Morgan fingerprint density at radius 1 is 1.12 bits per heavy atom. The standard InChI is InChI=1S/C19H26N2O4/c1-3-11-20(12-4-2)17(22)9-10-18(23)21-13-15(19(24)25)14-7-5-6-8-16(14)21/h5-8,15H,3-4,9-13H2,1-2H3,(H,24,25). The van der Waals surface area contributed by atoms with Gasteiger partial charge in [-0.25, -0.2) is 0 Å². The summed E-state index contributed by atoms with van der Waals surface area (Å²) in [6, 6.07) is 7.08. The zero-order valence-electron chi connectivity index (χ0n) is 14.9. The maximum atomic E-state index is 12.6. The molecule has 0 fully saturated rings. The second-order valence-corrected chi connectivity index (χ2v) is 6.33. The summed E-state index contributed by atoms with van der Waals surface area (Å²) < 4.78 is 0. The first kappa shape index (κ1) is 19.0. The van der Waals surface area contributed by atoms with Crippen molar-refractivity contribution in [2.45, 2.75) is 45.4 Å². The van der Waals surface area contributed by atoms with Crippen LogP contribution in [0, 0.1) is 0 Å². The highest BCUT2D eigenvalue weighted by molar-refractivity contribution is 6.00. The number of carbonyl (C=O) groups excluding carboxylic acids is 2. The number of carboxylic acids is 1. The van der Waals surface area contributed by atoms with Gasteiger partial charge < -0.3 is 14.9 Å². The number of benzene rings is 1. The van der Waals surface area contributed by atoms with Crippen molar-refractivity contribution in [3.63, 3.8) is 0 Å². The van der Waals surface area contributed by atoms with Gasteiger partial charge in [-0.15, -0.1) is 0 Å². The fourth-order valence-corrected chi connectivity index (χ4v) is 3.26. The van der Waals surface area contributed by atoms with Gasteiger partial charge in [0.25, 0.3) is 0 Å². The molecule has 1 N–H and O–H groups in total. The van der Waals surface area contributed by atoms with Gasteiger partial charge in [-0.2, -0.15) is 0 Å². The summed E-state index contributed by atoms with van der Waals surface area (Å²) >= 11 is 0. The average molecular weight is 346 g/mol.